The molecule has 2 amide bonds. The van der Waals surface area contributed by atoms with Crippen LogP contribution in [-0.4, -0.2) is 36.8 Å². The van der Waals surface area contributed by atoms with E-state index in [1.54, 1.807) is 36.7 Å². The summed E-state index contributed by atoms with van der Waals surface area (Å²) in [6.45, 7) is 1.43. The number of aromatic nitrogens is 1. The summed E-state index contributed by atoms with van der Waals surface area (Å²) in [4.78, 5) is 16.2. The van der Waals surface area contributed by atoms with E-state index in [0.29, 0.717) is 25.3 Å². The topological polar surface area (TPSA) is 91.4 Å². The molecule has 1 aromatic carbocycles. The number of anilines is 1. The zero-order chi connectivity index (χ0) is 18.4. The van der Waals surface area contributed by atoms with E-state index in [1.165, 1.54) is 10.4 Å². The van der Waals surface area contributed by atoms with Crippen molar-refractivity contribution in [2.45, 2.75) is 30.7 Å². The molecule has 0 radical (unpaired) electrons. The summed E-state index contributed by atoms with van der Waals surface area (Å²) >= 11 is 0. The van der Waals surface area contributed by atoms with Crippen molar-refractivity contribution in [1.82, 2.24) is 14.6 Å². The Labute approximate surface area is 153 Å². The Morgan fingerprint density at radius 1 is 1.12 bits per heavy atom. The molecule has 2 N–H and O–H groups in total. The average molecular weight is 374 g/mol. The fraction of sp³-hybridized carbons (Fsp3) is 0.333. The van der Waals surface area contributed by atoms with Crippen LogP contribution in [0.25, 0.3) is 0 Å². The van der Waals surface area contributed by atoms with E-state index in [-0.39, 0.29) is 4.90 Å². The largest absolute Gasteiger partial charge is 0.334 e. The van der Waals surface area contributed by atoms with Gasteiger partial charge in [-0.05, 0) is 42.7 Å². The highest BCUT2D eigenvalue weighted by atomic mass is 32.2. The lowest BCUT2D eigenvalue weighted by atomic mass is 10.2. The Kier molecular flexibility index (Phi) is 5.85. The number of urea groups is 1. The molecule has 0 atom stereocenters. The highest BCUT2D eigenvalue weighted by Crippen LogP contribution is 2.22. The van der Waals surface area contributed by atoms with Crippen molar-refractivity contribution >= 4 is 21.7 Å². The Balaban J connectivity index is 1.64. The minimum absolute atomic E-state index is 0.199. The molecule has 0 spiro atoms. The summed E-state index contributed by atoms with van der Waals surface area (Å²) in [7, 11) is -3.52. The van der Waals surface area contributed by atoms with E-state index in [4.69, 9.17) is 0 Å². The number of carbonyl (C=O) groups excluding carboxylic acids is 1. The predicted octanol–water partition coefficient (Wildman–Crippen LogP) is 2.58. The summed E-state index contributed by atoms with van der Waals surface area (Å²) < 4.78 is 27.0. The number of pyridine rings is 1. The predicted molar refractivity (Wildman–Crippen MR) is 99.1 cm³/mol. The Bertz CT molecular complexity index is 850. The van der Waals surface area contributed by atoms with Crippen LogP contribution in [0.15, 0.2) is 53.7 Å². The number of hydrogen-bond donors (Lipinski definition) is 2. The highest BCUT2D eigenvalue weighted by Gasteiger charge is 2.26. The van der Waals surface area contributed by atoms with E-state index in [0.717, 1.165) is 24.8 Å². The lowest BCUT2D eigenvalue weighted by Gasteiger charge is -2.26. The van der Waals surface area contributed by atoms with Gasteiger partial charge in [0.2, 0.25) is 10.0 Å². The first kappa shape index (κ1) is 18.3. The summed E-state index contributed by atoms with van der Waals surface area (Å²) in [5.41, 5.74) is 1.32. The standard InChI is InChI=1S/C18H22N4O3S/c23-18(20-14-15-6-5-9-19-13-15)21-16-7-4-8-17(12-16)26(24,25)22-10-2-1-3-11-22/h4-9,12-13H,1-3,10-11,14H2,(H2,20,21,23). The molecular formula is C18H22N4O3S. The van der Waals surface area contributed by atoms with E-state index in [2.05, 4.69) is 15.6 Å². The molecular weight excluding hydrogens is 352 g/mol. The monoisotopic (exact) mass is 374 g/mol. The van der Waals surface area contributed by atoms with Crippen molar-refractivity contribution < 1.29 is 13.2 Å². The third kappa shape index (κ3) is 4.59. The van der Waals surface area contributed by atoms with Crippen LogP contribution in [0.2, 0.25) is 0 Å². The van der Waals surface area contributed by atoms with Crippen LogP contribution in [0.5, 0.6) is 0 Å². The van der Waals surface area contributed by atoms with Gasteiger partial charge in [0.05, 0.1) is 4.90 Å². The number of rotatable bonds is 5. The molecule has 1 aliphatic heterocycles. The van der Waals surface area contributed by atoms with Gasteiger partial charge in [-0.3, -0.25) is 4.98 Å². The minimum Gasteiger partial charge on any atom is -0.334 e. The zero-order valence-electron chi connectivity index (χ0n) is 14.4. The van der Waals surface area contributed by atoms with Gasteiger partial charge in [-0.2, -0.15) is 4.31 Å². The van der Waals surface area contributed by atoms with E-state index in [9.17, 15) is 13.2 Å². The van der Waals surface area contributed by atoms with Crippen LogP contribution in [-0.2, 0) is 16.6 Å². The molecule has 0 saturated carbocycles. The quantitative estimate of drug-likeness (QED) is 0.841. The second-order valence-corrected chi connectivity index (χ2v) is 8.10. The molecule has 8 heteroatoms. The van der Waals surface area contributed by atoms with Gasteiger partial charge in [0.15, 0.2) is 0 Å². The van der Waals surface area contributed by atoms with Crippen molar-refractivity contribution in [3.63, 3.8) is 0 Å². The number of carbonyl (C=O) groups is 1. The zero-order valence-corrected chi connectivity index (χ0v) is 15.2. The van der Waals surface area contributed by atoms with Crippen LogP contribution >= 0.6 is 0 Å². The van der Waals surface area contributed by atoms with Gasteiger partial charge in [0.1, 0.15) is 0 Å². The van der Waals surface area contributed by atoms with Gasteiger partial charge in [0, 0.05) is 37.7 Å². The van der Waals surface area contributed by atoms with Crippen LogP contribution < -0.4 is 10.6 Å². The number of amides is 2. The number of hydrogen-bond acceptors (Lipinski definition) is 4. The summed E-state index contributed by atoms with van der Waals surface area (Å²) in [6.07, 6.45) is 6.16. The maximum absolute atomic E-state index is 12.7. The van der Waals surface area contributed by atoms with Crippen LogP contribution in [0.1, 0.15) is 24.8 Å². The lowest BCUT2D eigenvalue weighted by molar-refractivity contribution is 0.251. The molecule has 26 heavy (non-hydrogen) atoms. The van der Waals surface area contributed by atoms with Crippen molar-refractivity contribution in [3.8, 4) is 0 Å². The summed E-state index contributed by atoms with van der Waals surface area (Å²) in [6, 6.07) is 9.60. The van der Waals surface area contributed by atoms with Crippen molar-refractivity contribution in [2.75, 3.05) is 18.4 Å². The van der Waals surface area contributed by atoms with Gasteiger partial charge in [-0.25, -0.2) is 13.2 Å². The average Bonchev–Trinajstić information content (AvgIpc) is 2.68. The normalized spacial score (nSPS) is 15.4. The van der Waals surface area contributed by atoms with Crippen LogP contribution in [0, 0.1) is 0 Å². The third-order valence-corrected chi connectivity index (χ3v) is 6.12. The highest BCUT2D eigenvalue weighted by molar-refractivity contribution is 7.89. The van der Waals surface area contributed by atoms with Gasteiger partial charge in [-0.15, -0.1) is 0 Å². The molecule has 7 nitrogen and oxygen atoms in total. The number of nitrogens with one attached hydrogen (secondary N) is 2. The molecule has 3 rings (SSSR count). The van der Waals surface area contributed by atoms with E-state index in [1.807, 2.05) is 6.07 Å². The van der Waals surface area contributed by atoms with Gasteiger partial charge in [0.25, 0.3) is 0 Å². The Morgan fingerprint density at radius 3 is 2.65 bits per heavy atom. The first-order valence-corrected chi connectivity index (χ1v) is 10.0. The molecule has 2 heterocycles. The van der Waals surface area contributed by atoms with E-state index >= 15 is 0 Å². The van der Waals surface area contributed by atoms with E-state index < -0.39 is 16.1 Å². The smallest absolute Gasteiger partial charge is 0.319 e. The van der Waals surface area contributed by atoms with Gasteiger partial charge >= 0.3 is 6.03 Å². The van der Waals surface area contributed by atoms with Gasteiger partial charge in [-0.1, -0.05) is 18.6 Å². The van der Waals surface area contributed by atoms with Crippen molar-refractivity contribution in [3.05, 3.63) is 54.4 Å². The van der Waals surface area contributed by atoms with Crippen LogP contribution in [0.3, 0.4) is 0 Å². The van der Waals surface area contributed by atoms with Crippen LogP contribution in [0.4, 0.5) is 10.5 Å². The second kappa shape index (κ2) is 8.29. The molecule has 1 aliphatic rings. The number of piperidine rings is 1. The fourth-order valence-electron chi connectivity index (χ4n) is 2.85. The molecule has 1 saturated heterocycles. The molecule has 0 aliphatic carbocycles. The maximum Gasteiger partial charge on any atom is 0.319 e. The van der Waals surface area contributed by atoms with Crippen molar-refractivity contribution in [2.24, 2.45) is 0 Å². The fourth-order valence-corrected chi connectivity index (χ4v) is 4.41. The minimum atomic E-state index is -3.52. The molecule has 138 valence electrons. The SMILES string of the molecule is O=C(NCc1cccnc1)Nc1cccc(S(=O)(=O)N2CCCCC2)c1. The molecule has 0 bridgehead atoms. The number of nitrogens with zero attached hydrogens (tertiary/aromatic N) is 2. The second-order valence-electron chi connectivity index (χ2n) is 6.16. The molecule has 2 aromatic rings. The number of sulfonamides is 1. The van der Waals surface area contributed by atoms with Gasteiger partial charge < -0.3 is 10.6 Å². The summed E-state index contributed by atoms with van der Waals surface area (Å²) in [5.74, 6) is 0. The van der Waals surface area contributed by atoms with Crippen molar-refractivity contribution in [1.29, 1.82) is 0 Å². The third-order valence-electron chi connectivity index (χ3n) is 4.22. The summed E-state index contributed by atoms with van der Waals surface area (Å²) in [5, 5.41) is 5.39. The molecule has 1 aromatic heterocycles. The lowest BCUT2D eigenvalue weighted by Crippen LogP contribution is -2.35. The Hall–Kier alpha value is -2.45. The molecule has 0 unspecified atom stereocenters. The number of benzene rings is 1. The molecule has 1 fully saturated rings. The first-order valence-electron chi connectivity index (χ1n) is 8.60. The Morgan fingerprint density at radius 2 is 1.92 bits per heavy atom. The first-order chi connectivity index (χ1) is 12.6. The maximum atomic E-state index is 12.7.